The molecule has 0 atom stereocenters. The summed E-state index contributed by atoms with van der Waals surface area (Å²) in [5, 5.41) is 3.00. The van der Waals surface area contributed by atoms with Crippen LogP contribution >= 0.6 is 0 Å². The Labute approximate surface area is 203 Å². The SMILES string of the molecule is CN(C)Cc1ccccc1NC(=O)c1ccc(N2CCCCC2)c(S(=O)(=O)N2CCCCC2)c1. The highest BCUT2D eigenvalue weighted by atomic mass is 32.2. The predicted octanol–water partition coefficient (Wildman–Crippen LogP) is 4.17. The molecule has 184 valence electrons. The highest BCUT2D eigenvalue weighted by Gasteiger charge is 2.31. The second-order valence-electron chi connectivity index (χ2n) is 9.54. The third kappa shape index (κ3) is 5.62. The fourth-order valence-corrected chi connectivity index (χ4v) is 6.57. The number of hydrogen-bond donors (Lipinski definition) is 1. The van der Waals surface area contributed by atoms with Crippen molar-refractivity contribution < 1.29 is 13.2 Å². The normalized spacial score (nSPS) is 17.7. The Balaban J connectivity index is 1.68. The molecule has 1 amide bonds. The van der Waals surface area contributed by atoms with E-state index < -0.39 is 10.0 Å². The van der Waals surface area contributed by atoms with Crippen molar-refractivity contribution in [2.75, 3.05) is 50.5 Å². The number of carbonyl (C=O) groups excluding carboxylic acids is 1. The van der Waals surface area contributed by atoms with Crippen molar-refractivity contribution in [2.24, 2.45) is 0 Å². The zero-order valence-electron chi connectivity index (χ0n) is 20.3. The number of rotatable bonds is 7. The number of piperidine rings is 2. The lowest BCUT2D eigenvalue weighted by molar-refractivity contribution is 0.102. The second-order valence-corrected chi connectivity index (χ2v) is 11.5. The molecule has 34 heavy (non-hydrogen) atoms. The van der Waals surface area contributed by atoms with Gasteiger partial charge in [-0.1, -0.05) is 24.6 Å². The summed E-state index contributed by atoms with van der Waals surface area (Å²) in [7, 11) is 0.274. The minimum atomic E-state index is -3.69. The number of benzene rings is 2. The van der Waals surface area contributed by atoms with Crippen LogP contribution in [-0.4, -0.2) is 63.8 Å². The smallest absolute Gasteiger partial charge is 0.255 e. The quantitative estimate of drug-likeness (QED) is 0.639. The van der Waals surface area contributed by atoms with Crippen molar-refractivity contribution in [3.63, 3.8) is 0 Å². The third-order valence-electron chi connectivity index (χ3n) is 6.60. The monoisotopic (exact) mass is 484 g/mol. The van der Waals surface area contributed by atoms with Crippen LogP contribution in [0.5, 0.6) is 0 Å². The molecule has 2 heterocycles. The number of anilines is 2. The number of para-hydroxylation sites is 1. The number of carbonyl (C=O) groups is 1. The lowest BCUT2D eigenvalue weighted by Crippen LogP contribution is -2.37. The summed E-state index contributed by atoms with van der Waals surface area (Å²) in [6, 6.07) is 12.9. The van der Waals surface area contributed by atoms with Crippen molar-refractivity contribution in [3.8, 4) is 0 Å². The lowest BCUT2D eigenvalue weighted by Gasteiger charge is -2.33. The molecule has 0 aromatic heterocycles. The summed E-state index contributed by atoms with van der Waals surface area (Å²) in [5.41, 5.74) is 2.82. The van der Waals surface area contributed by atoms with Crippen LogP contribution in [0.4, 0.5) is 11.4 Å². The molecule has 2 aliphatic rings. The first-order valence-corrected chi connectivity index (χ1v) is 13.7. The summed E-state index contributed by atoms with van der Waals surface area (Å²) < 4.78 is 29.0. The van der Waals surface area contributed by atoms with Crippen LogP contribution in [-0.2, 0) is 16.6 Å². The molecule has 7 nitrogen and oxygen atoms in total. The zero-order chi connectivity index (χ0) is 24.1. The van der Waals surface area contributed by atoms with Gasteiger partial charge in [-0.2, -0.15) is 4.31 Å². The number of nitrogens with zero attached hydrogens (tertiary/aromatic N) is 3. The van der Waals surface area contributed by atoms with Crippen LogP contribution in [0.2, 0.25) is 0 Å². The molecule has 2 fully saturated rings. The average molecular weight is 485 g/mol. The van der Waals surface area contributed by atoms with Gasteiger partial charge in [0.25, 0.3) is 5.91 Å². The molecule has 0 saturated carbocycles. The summed E-state index contributed by atoms with van der Waals surface area (Å²) in [6.45, 7) is 3.45. The number of amides is 1. The van der Waals surface area contributed by atoms with Gasteiger partial charge in [0, 0.05) is 44.0 Å². The molecule has 2 saturated heterocycles. The van der Waals surface area contributed by atoms with E-state index in [0.717, 1.165) is 68.6 Å². The van der Waals surface area contributed by atoms with Gasteiger partial charge in [-0.15, -0.1) is 0 Å². The number of hydrogen-bond acceptors (Lipinski definition) is 5. The Kier molecular flexibility index (Phi) is 7.91. The van der Waals surface area contributed by atoms with E-state index in [4.69, 9.17) is 0 Å². The molecule has 4 rings (SSSR count). The predicted molar refractivity (Wildman–Crippen MR) is 137 cm³/mol. The van der Waals surface area contributed by atoms with Gasteiger partial charge >= 0.3 is 0 Å². The van der Waals surface area contributed by atoms with Crippen LogP contribution in [0.25, 0.3) is 0 Å². The van der Waals surface area contributed by atoms with Crippen LogP contribution in [0.3, 0.4) is 0 Å². The number of nitrogens with one attached hydrogen (secondary N) is 1. The van der Waals surface area contributed by atoms with E-state index in [1.807, 2.05) is 49.3 Å². The van der Waals surface area contributed by atoms with Crippen LogP contribution in [0.15, 0.2) is 47.4 Å². The molecule has 1 N–H and O–H groups in total. The van der Waals surface area contributed by atoms with Crippen molar-refractivity contribution in [1.29, 1.82) is 0 Å². The fourth-order valence-electron chi connectivity index (χ4n) is 4.82. The van der Waals surface area contributed by atoms with Crippen molar-refractivity contribution >= 4 is 27.3 Å². The molecule has 8 heteroatoms. The van der Waals surface area contributed by atoms with Crippen LogP contribution in [0.1, 0.15) is 54.4 Å². The third-order valence-corrected chi connectivity index (χ3v) is 8.53. The van der Waals surface area contributed by atoms with E-state index in [0.29, 0.717) is 25.2 Å². The van der Waals surface area contributed by atoms with E-state index in [1.165, 1.54) is 0 Å². The van der Waals surface area contributed by atoms with Gasteiger partial charge in [-0.05, 0) is 76.0 Å². The van der Waals surface area contributed by atoms with Crippen molar-refractivity contribution in [2.45, 2.75) is 50.0 Å². The second kappa shape index (κ2) is 10.9. The van der Waals surface area contributed by atoms with Crippen LogP contribution in [0, 0.1) is 0 Å². The maximum atomic E-state index is 13.7. The van der Waals surface area contributed by atoms with E-state index in [-0.39, 0.29) is 10.8 Å². The van der Waals surface area contributed by atoms with E-state index in [1.54, 1.807) is 16.4 Å². The molecule has 0 bridgehead atoms. The topological polar surface area (TPSA) is 73.0 Å². The minimum absolute atomic E-state index is 0.255. The van der Waals surface area contributed by atoms with Crippen LogP contribution < -0.4 is 10.2 Å². The maximum Gasteiger partial charge on any atom is 0.255 e. The molecule has 2 aromatic carbocycles. The summed E-state index contributed by atoms with van der Waals surface area (Å²) in [4.78, 5) is 17.7. The average Bonchev–Trinajstić information content (AvgIpc) is 2.85. The number of sulfonamides is 1. The first-order chi connectivity index (χ1) is 16.4. The standard InChI is InChI=1S/C26H36N4O3S/c1-28(2)20-22-11-5-6-12-23(22)27-26(31)21-13-14-24(29-15-7-3-8-16-29)25(19-21)34(32,33)30-17-9-4-10-18-30/h5-6,11-14,19H,3-4,7-10,15-18,20H2,1-2H3,(H,27,31). The molecular formula is C26H36N4O3S. The lowest BCUT2D eigenvalue weighted by atomic mass is 10.1. The molecule has 2 aromatic rings. The van der Waals surface area contributed by atoms with Gasteiger partial charge in [-0.3, -0.25) is 4.79 Å². The largest absolute Gasteiger partial charge is 0.370 e. The van der Waals surface area contributed by atoms with Crippen molar-refractivity contribution in [1.82, 2.24) is 9.21 Å². The fraction of sp³-hybridized carbons (Fsp3) is 0.500. The first-order valence-electron chi connectivity index (χ1n) is 12.3. The van der Waals surface area contributed by atoms with E-state index in [9.17, 15) is 13.2 Å². The van der Waals surface area contributed by atoms with Gasteiger partial charge in [0.15, 0.2) is 0 Å². The summed E-state index contributed by atoms with van der Waals surface area (Å²) in [6.07, 6.45) is 6.07. The molecule has 2 aliphatic heterocycles. The molecule has 0 unspecified atom stereocenters. The summed E-state index contributed by atoms with van der Waals surface area (Å²) in [5.74, 6) is -0.300. The van der Waals surface area contributed by atoms with E-state index in [2.05, 4.69) is 10.2 Å². The molecule has 0 spiro atoms. The van der Waals surface area contributed by atoms with Gasteiger partial charge in [-0.25, -0.2) is 8.42 Å². The Hall–Kier alpha value is -2.42. The summed E-state index contributed by atoms with van der Waals surface area (Å²) >= 11 is 0. The first kappa shape index (κ1) is 24.7. The minimum Gasteiger partial charge on any atom is -0.370 e. The van der Waals surface area contributed by atoms with Gasteiger partial charge in [0.2, 0.25) is 10.0 Å². The Morgan fingerprint density at radius 2 is 1.56 bits per heavy atom. The molecular weight excluding hydrogens is 448 g/mol. The zero-order valence-corrected chi connectivity index (χ0v) is 21.1. The Morgan fingerprint density at radius 1 is 0.912 bits per heavy atom. The van der Waals surface area contributed by atoms with E-state index >= 15 is 0 Å². The Morgan fingerprint density at radius 3 is 2.24 bits per heavy atom. The van der Waals surface area contributed by atoms with Gasteiger partial charge in [0.1, 0.15) is 4.90 Å². The molecule has 0 radical (unpaired) electrons. The highest BCUT2D eigenvalue weighted by Crippen LogP contribution is 2.32. The van der Waals surface area contributed by atoms with Gasteiger partial charge < -0.3 is 15.1 Å². The molecule has 0 aliphatic carbocycles. The Bertz CT molecular complexity index is 1100. The van der Waals surface area contributed by atoms with Crippen molar-refractivity contribution in [3.05, 3.63) is 53.6 Å². The highest BCUT2D eigenvalue weighted by molar-refractivity contribution is 7.89. The van der Waals surface area contributed by atoms with Gasteiger partial charge in [0.05, 0.1) is 5.69 Å². The maximum absolute atomic E-state index is 13.7.